The summed E-state index contributed by atoms with van der Waals surface area (Å²) in [6, 6.07) is 7.51. The number of nitrogens with two attached hydrogens (primary N) is 1. The molecule has 0 heterocycles. The highest BCUT2D eigenvalue weighted by atomic mass is 16.5. The van der Waals surface area contributed by atoms with Gasteiger partial charge in [0.1, 0.15) is 6.61 Å². The van der Waals surface area contributed by atoms with Gasteiger partial charge in [-0.3, -0.25) is 4.79 Å². The van der Waals surface area contributed by atoms with Crippen molar-refractivity contribution in [3.8, 4) is 0 Å². The standard InChI is InChI=1S/C12H17N3O3/c1-9-2-4-10(5-3-9)15-11(16)8-14-6-7-18-12(13)17/h2-5,14H,6-8H2,1H3,(H2,13,17)(H,15,16). The fraction of sp³-hybridized carbons (Fsp3) is 0.333. The maximum Gasteiger partial charge on any atom is 0.404 e. The van der Waals surface area contributed by atoms with Crippen LogP contribution in [0.1, 0.15) is 5.56 Å². The Balaban J connectivity index is 2.17. The molecule has 4 N–H and O–H groups in total. The zero-order valence-electron chi connectivity index (χ0n) is 10.2. The van der Waals surface area contributed by atoms with Crippen molar-refractivity contribution in [2.45, 2.75) is 6.92 Å². The fourth-order valence-corrected chi connectivity index (χ4v) is 1.27. The molecule has 2 amide bonds. The molecule has 0 aromatic heterocycles. The highest BCUT2D eigenvalue weighted by Gasteiger charge is 2.01. The summed E-state index contributed by atoms with van der Waals surface area (Å²) in [5.41, 5.74) is 6.67. The number of hydrogen-bond acceptors (Lipinski definition) is 4. The maximum atomic E-state index is 11.5. The van der Waals surface area contributed by atoms with E-state index in [4.69, 9.17) is 5.73 Å². The van der Waals surface area contributed by atoms with E-state index in [-0.39, 0.29) is 19.1 Å². The van der Waals surface area contributed by atoms with Gasteiger partial charge in [0.15, 0.2) is 0 Å². The van der Waals surface area contributed by atoms with Crippen LogP contribution < -0.4 is 16.4 Å². The lowest BCUT2D eigenvalue weighted by Crippen LogP contribution is -2.31. The van der Waals surface area contributed by atoms with Crippen LogP contribution in [-0.4, -0.2) is 31.7 Å². The van der Waals surface area contributed by atoms with Gasteiger partial charge in [0, 0.05) is 12.2 Å². The zero-order chi connectivity index (χ0) is 13.4. The van der Waals surface area contributed by atoms with Crippen molar-refractivity contribution in [3.05, 3.63) is 29.8 Å². The van der Waals surface area contributed by atoms with E-state index >= 15 is 0 Å². The van der Waals surface area contributed by atoms with Crippen LogP contribution in [0.2, 0.25) is 0 Å². The van der Waals surface area contributed by atoms with Crippen molar-refractivity contribution < 1.29 is 14.3 Å². The van der Waals surface area contributed by atoms with Gasteiger partial charge in [-0.15, -0.1) is 0 Å². The second kappa shape index (κ2) is 7.29. The summed E-state index contributed by atoms with van der Waals surface area (Å²) >= 11 is 0. The van der Waals surface area contributed by atoms with Gasteiger partial charge in [-0.25, -0.2) is 4.79 Å². The SMILES string of the molecule is Cc1ccc(NC(=O)CNCCOC(N)=O)cc1. The smallest absolute Gasteiger partial charge is 0.404 e. The van der Waals surface area contributed by atoms with Crippen molar-refractivity contribution in [2.75, 3.05) is 25.0 Å². The number of amides is 2. The molecule has 0 fully saturated rings. The molecule has 6 heteroatoms. The molecule has 0 unspecified atom stereocenters. The van der Waals surface area contributed by atoms with Gasteiger partial charge in [-0.1, -0.05) is 17.7 Å². The highest BCUT2D eigenvalue weighted by Crippen LogP contribution is 2.07. The molecule has 0 bridgehead atoms. The number of nitrogens with one attached hydrogen (secondary N) is 2. The third-order valence-corrected chi connectivity index (χ3v) is 2.14. The van der Waals surface area contributed by atoms with Crippen molar-refractivity contribution in [1.29, 1.82) is 0 Å². The van der Waals surface area contributed by atoms with E-state index in [0.717, 1.165) is 11.3 Å². The minimum absolute atomic E-state index is 0.146. The van der Waals surface area contributed by atoms with Gasteiger partial charge in [-0.2, -0.15) is 0 Å². The van der Waals surface area contributed by atoms with Crippen LogP contribution >= 0.6 is 0 Å². The Kier molecular flexibility index (Phi) is 5.66. The Hall–Kier alpha value is -2.08. The lowest BCUT2D eigenvalue weighted by Gasteiger charge is -2.07. The van der Waals surface area contributed by atoms with Gasteiger partial charge in [0.2, 0.25) is 5.91 Å². The van der Waals surface area contributed by atoms with Crippen LogP contribution in [0.25, 0.3) is 0 Å². The van der Waals surface area contributed by atoms with Crippen molar-refractivity contribution in [1.82, 2.24) is 5.32 Å². The number of carbonyl (C=O) groups excluding carboxylic acids is 2. The number of anilines is 1. The Morgan fingerprint density at radius 3 is 2.56 bits per heavy atom. The minimum atomic E-state index is -0.819. The van der Waals surface area contributed by atoms with Crippen LogP contribution in [0.5, 0.6) is 0 Å². The molecule has 0 saturated carbocycles. The Morgan fingerprint density at radius 1 is 1.28 bits per heavy atom. The summed E-state index contributed by atoms with van der Waals surface area (Å²) in [4.78, 5) is 21.7. The van der Waals surface area contributed by atoms with Crippen LogP contribution in [0, 0.1) is 6.92 Å². The number of hydrogen-bond donors (Lipinski definition) is 3. The lowest BCUT2D eigenvalue weighted by molar-refractivity contribution is -0.115. The molecule has 98 valence electrons. The van der Waals surface area contributed by atoms with Crippen molar-refractivity contribution >= 4 is 17.7 Å². The largest absolute Gasteiger partial charge is 0.448 e. The Bertz CT molecular complexity index is 404. The van der Waals surface area contributed by atoms with Crippen molar-refractivity contribution in [2.24, 2.45) is 5.73 Å². The highest BCUT2D eigenvalue weighted by molar-refractivity contribution is 5.92. The third-order valence-electron chi connectivity index (χ3n) is 2.14. The molecule has 0 radical (unpaired) electrons. The lowest BCUT2D eigenvalue weighted by atomic mass is 10.2. The van der Waals surface area contributed by atoms with Crippen LogP contribution in [0.15, 0.2) is 24.3 Å². The molecule has 1 aromatic carbocycles. The first-order chi connectivity index (χ1) is 8.58. The Morgan fingerprint density at radius 2 is 1.94 bits per heavy atom. The summed E-state index contributed by atoms with van der Waals surface area (Å²) < 4.78 is 4.50. The number of primary amides is 1. The van der Waals surface area contributed by atoms with Crippen molar-refractivity contribution in [3.63, 3.8) is 0 Å². The van der Waals surface area contributed by atoms with Gasteiger partial charge >= 0.3 is 6.09 Å². The summed E-state index contributed by atoms with van der Waals surface area (Å²) in [7, 11) is 0. The van der Waals surface area contributed by atoms with E-state index in [2.05, 4.69) is 15.4 Å². The predicted molar refractivity (Wildman–Crippen MR) is 68.2 cm³/mol. The first kappa shape index (κ1) is 14.0. The van der Waals surface area contributed by atoms with E-state index in [1.165, 1.54) is 0 Å². The quantitative estimate of drug-likeness (QED) is 0.646. The summed E-state index contributed by atoms with van der Waals surface area (Å²) in [5.74, 6) is -0.155. The molecule has 0 spiro atoms. The molecule has 18 heavy (non-hydrogen) atoms. The maximum absolute atomic E-state index is 11.5. The molecule has 0 aliphatic rings. The van der Waals surface area contributed by atoms with E-state index in [9.17, 15) is 9.59 Å². The fourth-order valence-electron chi connectivity index (χ4n) is 1.27. The zero-order valence-corrected chi connectivity index (χ0v) is 10.2. The third kappa shape index (κ3) is 5.86. The van der Waals surface area contributed by atoms with Gasteiger partial charge < -0.3 is 21.1 Å². The van der Waals surface area contributed by atoms with E-state index in [1.54, 1.807) is 0 Å². The van der Waals surface area contributed by atoms with Gasteiger partial charge in [-0.05, 0) is 19.1 Å². The normalized spacial score (nSPS) is 9.83. The molecule has 0 saturated heterocycles. The summed E-state index contributed by atoms with van der Waals surface area (Å²) in [6.07, 6.45) is -0.819. The number of aryl methyl sites for hydroxylation is 1. The summed E-state index contributed by atoms with van der Waals surface area (Å²) in [5, 5.41) is 5.56. The topological polar surface area (TPSA) is 93.4 Å². The average Bonchev–Trinajstić information content (AvgIpc) is 2.31. The van der Waals surface area contributed by atoms with Crippen LogP contribution in [0.4, 0.5) is 10.5 Å². The second-order valence-electron chi connectivity index (χ2n) is 3.76. The number of rotatable bonds is 6. The van der Waals surface area contributed by atoms with E-state index < -0.39 is 6.09 Å². The number of ether oxygens (including phenoxy) is 1. The van der Waals surface area contributed by atoms with Crippen LogP contribution in [-0.2, 0) is 9.53 Å². The first-order valence-electron chi connectivity index (χ1n) is 5.57. The molecule has 0 aliphatic heterocycles. The molecule has 6 nitrogen and oxygen atoms in total. The molecule has 1 rings (SSSR count). The molecule has 0 atom stereocenters. The number of benzene rings is 1. The van der Waals surface area contributed by atoms with Gasteiger partial charge in [0.25, 0.3) is 0 Å². The van der Waals surface area contributed by atoms with E-state index in [0.29, 0.717) is 6.54 Å². The van der Waals surface area contributed by atoms with Gasteiger partial charge in [0.05, 0.1) is 6.54 Å². The molecule has 1 aromatic rings. The molecular weight excluding hydrogens is 234 g/mol. The van der Waals surface area contributed by atoms with E-state index in [1.807, 2.05) is 31.2 Å². The monoisotopic (exact) mass is 251 g/mol. The first-order valence-corrected chi connectivity index (χ1v) is 5.57. The predicted octanol–water partition coefficient (Wildman–Crippen LogP) is 0.618. The molecule has 0 aliphatic carbocycles. The number of carbonyl (C=O) groups is 2. The van der Waals surface area contributed by atoms with Crippen LogP contribution in [0.3, 0.4) is 0 Å². The molecular formula is C12H17N3O3. The Labute approximate surface area is 105 Å². The second-order valence-corrected chi connectivity index (χ2v) is 3.76. The average molecular weight is 251 g/mol. The summed E-state index contributed by atoms with van der Waals surface area (Å²) in [6.45, 7) is 2.65. The minimum Gasteiger partial charge on any atom is -0.448 e.